The lowest BCUT2D eigenvalue weighted by molar-refractivity contribution is -0.131. The minimum Gasteiger partial charge on any atom is -0.508 e. The molecule has 4 aromatic carbocycles. The Bertz CT molecular complexity index is 1370. The van der Waals surface area contributed by atoms with Gasteiger partial charge in [0.25, 0.3) is 0 Å². The molecule has 3 N–H and O–H groups in total. The van der Waals surface area contributed by atoms with Crippen LogP contribution in [0.1, 0.15) is 36.1 Å². The lowest BCUT2D eigenvalue weighted by atomic mass is 9.77. The molecule has 3 atom stereocenters. The number of carbonyl (C=O) groups is 1. The standard InChI is InChI=1S/C30H26ClNO4/c31-22-12-9-19(10-13-22)27(34)16-15-26-29(32(30(26)36)23-6-2-1-3-7-23)25-14-11-21(18-28(25)35)20-5-4-8-24(33)17-20/h1-14,17-18,26-27,29,33-35H,15-16H2/t26-,27+,29-/m1/s1. The van der Waals surface area contributed by atoms with Crippen LogP contribution in [0.5, 0.6) is 11.5 Å². The van der Waals surface area contributed by atoms with Crippen LogP contribution in [0.15, 0.2) is 97.1 Å². The van der Waals surface area contributed by atoms with Gasteiger partial charge in [-0.25, -0.2) is 0 Å². The second kappa shape index (κ2) is 10.1. The average Bonchev–Trinajstić information content (AvgIpc) is 2.88. The summed E-state index contributed by atoms with van der Waals surface area (Å²) in [5, 5.41) is 32.2. The monoisotopic (exact) mass is 499 g/mol. The number of carbonyl (C=O) groups excluding carboxylic acids is 1. The number of phenolic OH excluding ortho intramolecular Hbond substituents is 2. The molecule has 1 amide bonds. The number of hydrogen-bond donors (Lipinski definition) is 3. The minimum absolute atomic E-state index is 0.0361. The van der Waals surface area contributed by atoms with Crippen molar-refractivity contribution < 1.29 is 20.1 Å². The van der Waals surface area contributed by atoms with Gasteiger partial charge in [-0.15, -0.1) is 0 Å². The molecule has 36 heavy (non-hydrogen) atoms. The zero-order valence-electron chi connectivity index (χ0n) is 19.5. The quantitative estimate of drug-likeness (QED) is 0.249. The van der Waals surface area contributed by atoms with Crippen molar-refractivity contribution in [2.45, 2.75) is 25.0 Å². The third kappa shape index (κ3) is 4.68. The highest BCUT2D eigenvalue weighted by Gasteiger charge is 2.49. The van der Waals surface area contributed by atoms with E-state index in [9.17, 15) is 20.1 Å². The molecule has 5 rings (SSSR count). The van der Waals surface area contributed by atoms with Crippen molar-refractivity contribution in [2.75, 3.05) is 4.90 Å². The van der Waals surface area contributed by atoms with Gasteiger partial charge in [0.05, 0.1) is 18.1 Å². The van der Waals surface area contributed by atoms with Gasteiger partial charge < -0.3 is 20.2 Å². The van der Waals surface area contributed by atoms with E-state index in [4.69, 9.17) is 11.6 Å². The third-order valence-electron chi connectivity index (χ3n) is 6.78. The first kappa shape index (κ1) is 23.9. The first-order valence-corrected chi connectivity index (χ1v) is 12.2. The lowest BCUT2D eigenvalue weighted by Gasteiger charge is -2.48. The van der Waals surface area contributed by atoms with Crippen LogP contribution in [-0.2, 0) is 4.79 Å². The summed E-state index contributed by atoms with van der Waals surface area (Å²) in [6, 6.07) is 28.3. The molecule has 0 bridgehead atoms. The zero-order valence-corrected chi connectivity index (χ0v) is 20.2. The Balaban J connectivity index is 1.43. The van der Waals surface area contributed by atoms with E-state index in [1.165, 1.54) is 0 Å². The first-order chi connectivity index (χ1) is 17.4. The second-order valence-electron chi connectivity index (χ2n) is 9.06. The second-order valence-corrected chi connectivity index (χ2v) is 9.50. The fourth-order valence-electron chi connectivity index (χ4n) is 4.91. The highest BCUT2D eigenvalue weighted by molar-refractivity contribution is 6.30. The number of phenols is 2. The van der Waals surface area contributed by atoms with Crippen molar-refractivity contribution in [3.63, 3.8) is 0 Å². The number of aliphatic hydroxyl groups excluding tert-OH is 1. The van der Waals surface area contributed by atoms with Crippen LogP contribution in [-0.4, -0.2) is 21.2 Å². The molecule has 0 radical (unpaired) electrons. The molecular formula is C30H26ClNO4. The molecule has 0 spiro atoms. The Hall–Kier alpha value is -3.80. The topological polar surface area (TPSA) is 81.0 Å². The Morgan fingerprint density at radius 3 is 2.25 bits per heavy atom. The number of anilines is 1. The highest BCUT2D eigenvalue weighted by Crippen LogP contribution is 2.49. The molecule has 1 heterocycles. The van der Waals surface area contributed by atoms with E-state index in [1.807, 2.05) is 48.5 Å². The summed E-state index contributed by atoms with van der Waals surface area (Å²) in [5.41, 5.74) is 3.70. The van der Waals surface area contributed by atoms with Crippen LogP contribution in [0, 0.1) is 5.92 Å². The van der Waals surface area contributed by atoms with E-state index in [0.29, 0.717) is 23.4 Å². The fraction of sp³-hybridized carbons (Fsp3) is 0.167. The third-order valence-corrected chi connectivity index (χ3v) is 7.03. The predicted molar refractivity (Wildman–Crippen MR) is 141 cm³/mol. The minimum atomic E-state index is -0.719. The zero-order chi connectivity index (χ0) is 25.2. The van der Waals surface area contributed by atoms with E-state index in [2.05, 4.69) is 0 Å². The van der Waals surface area contributed by atoms with Crippen molar-refractivity contribution in [1.82, 2.24) is 0 Å². The Labute approximate surface area is 214 Å². The summed E-state index contributed by atoms with van der Waals surface area (Å²) in [7, 11) is 0. The Morgan fingerprint density at radius 2 is 1.56 bits per heavy atom. The summed E-state index contributed by atoms with van der Waals surface area (Å²) < 4.78 is 0. The molecule has 4 aromatic rings. The number of rotatable bonds is 7. The average molecular weight is 500 g/mol. The van der Waals surface area contributed by atoms with Gasteiger partial charge in [0.2, 0.25) is 5.91 Å². The fourth-order valence-corrected chi connectivity index (χ4v) is 5.04. The predicted octanol–water partition coefficient (Wildman–Crippen LogP) is 6.64. The molecule has 1 aliphatic rings. The molecule has 6 heteroatoms. The van der Waals surface area contributed by atoms with Crippen molar-refractivity contribution >= 4 is 23.2 Å². The number of amides is 1. The van der Waals surface area contributed by atoms with Gasteiger partial charge in [0.15, 0.2) is 0 Å². The Morgan fingerprint density at radius 1 is 0.833 bits per heavy atom. The van der Waals surface area contributed by atoms with Crippen LogP contribution in [0.3, 0.4) is 0 Å². The largest absolute Gasteiger partial charge is 0.508 e. The molecule has 1 fully saturated rings. The first-order valence-electron chi connectivity index (χ1n) is 11.9. The van der Waals surface area contributed by atoms with Crippen LogP contribution in [0.2, 0.25) is 5.02 Å². The summed E-state index contributed by atoms with van der Waals surface area (Å²) >= 11 is 5.96. The van der Waals surface area contributed by atoms with Crippen LogP contribution in [0.4, 0.5) is 5.69 Å². The molecule has 1 aliphatic heterocycles. The summed E-state index contributed by atoms with van der Waals surface area (Å²) in [5.74, 6) is -0.191. The molecule has 5 nitrogen and oxygen atoms in total. The van der Waals surface area contributed by atoms with Crippen molar-refractivity contribution in [3.05, 3.63) is 113 Å². The van der Waals surface area contributed by atoms with E-state index in [-0.39, 0.29) is 29.4 Å². The lowest BCUT2D eigenvalue weighted by Crippen LogP contribution is -2.55. The normalized spacial score (nSPS) is 18.1. The van der Waals surface area contributed by atoms with Gasteiger partial charge in [-0.1, -0.05) is 66.2 Å². The van der Waals surface area contributed by atoms with Crippen LogP contribution < -0.4 is 4.90 Å². The maximum atomic E-state index is 13.3. The van der Waals surface area contributed by atoms with Crippen molar-refractivity contribution in [1.29, 1.82) is 0 Å². The molecule has 0 unspecified atom stereocenters. The highest BCUT2D eigenvalue weighted by atomic mass is 35.5. The number of β-lactam (4-membered cyclic amide) rings is 1. The number of para-hydroxylation sites is 1. The molecule has 0 aromatic heterocycles. The van der Waals surface area contributed by atoms with Crippen LogP contribution in [0.25, 0.3) is 11.1 Å². The summed E-state index contributed by atoms with van der Waals surface area (Å²) in [6.07, 6.45) is 0.146. The number of hydrogen-bond acceptors (Lipinski definition) is 4. The molecule has 0 saturated carbocycles. The molecule has 182 valence electrons. The van der Waals surface area contributed by atoms with Crippen molar-refractivity contribution in [2.24, 2.45) is 5.92 Å². The number of benzene rings is 4. The number of aliphatic hydroxyl groups is 1. The smallest absolute Gasteiger partial charge is 0.233 e. The molecular weight excluding hydrogens is 474 g/mol. The van der Waals surface area contributed by atoms with Gasteiger partial charge in [0, 0.05) is 16.3 Å². The van der Waals surface area contributed by atoms with Gasteiger partial charge in [-0.2, -0.15) is 0 Å². The summed E-state index contributed by atoms with van der Waals surface area (Å²) in [6.45, 7) is 0. The Kier molecular flexibility index (Phi) is 6.68. The maximum Gasteiger partial charge on any atom is 0.233 e. The molecule has 0 aliphatic carbocycles. The van der Waals surface area contributed by atoms with E-state index in [1.54, 1.807) is 53.4 Å². The maximum absolute atomic E-state index is 13.3. The van der Waals surface area contributed by atoms with Gasteiger partial charge >= 0.3 is 0 Å². The van der Waals surface area contributed by atoms with Gasteiger partial charge in [0.1, 0.15) is 11.5 Å². The SMILES string of the molecule is O=C1[C@H](CC[C@H](O)c2ccc(Cl)cc2)[C@@H](c2ccc(-c3cccc(O)c3)cc2O)N1c1ccccc1. The van der Waals surface area contributed by atoms with Crippen LogP contribution >= 0.6 is 11.6 Å². The van der Waals surface area contributed by atoms with E-state index >= 15 is 0 Å². The number of nitrogens with zero attached hydrogens (tertiary/aromatic N) is 1. The van der Waals surface area contributed by atoms with E-state index < -0.39 is 6.10 Å². The van der Waals surface area contributed by atoms with Gasteiger partial charge in [-0.05, 0) is 72.0 Å². The summed E-state index contributed by atoms with van der Waals surface area (Å²) in [4.78, 5) is 15.0. The van der Waals surface area contributed by atoms with Crippen molar-refractivity contribution in [3.8, 4) is 22.6 Å². The van der Waals surface area contributed by atoms with E-state index in [0.717, 1.165) is 22.4 Å². The number of aromatic hydroxyl groups is 2. The van der Waals surface area contributed by atoms with Gasteiger partial charge in [-0.3, -0.25) is 4.79 Å². The molecule has 1 saturated heterocycles. The number of halogens is 1.